The van der Waals surface area contributed by atoms with Crippen LogP contribution in [0.1, 0.15) is 29.8 Å². The lowest BCUT2D eigenvalue weighted by Gasteiger charge is -2.29. The van der Waals surface area contributed by atoms with Gasteiger partial charge in [0.15, 0.2) is 0 Å². The fourth-order valence-electron chi connectivity index (χ4n) is 2.33. The lowest BCUT2D eigenvalue weighted by atomic mass is 9.96. The summed E-state index contributed by atoms with van der Waals surface area (Å²) >= 11 is 0. The minimum atomic E-state index is -0.749. The van der Waals surface area contributed by atoms with Gasteiger partial charge in [0.05, 0.1) is 13.2 Å². The van der Waals surface area contributed by atoms with Crippen LogP contribution in [-0.2, 0) is 0 Å². The molecule has 20 heavy (non-hydrogen) atoms. The van der Waals surface area contributed by atoms with Crippen molar-refractivity contribution in [3.8, 4) is 11.6 Å². The van der Waals surface area contributed by atoms with Crippen LogP contribution in [0.2, 0.25) is 0 Å². The number of rotatable bonds is 2. The fraction of sp³-hybridized carbons (Fsp3) is 0.267. The highest BCUT2D eigenvalue weighted by molar-refractivity contribution is 5.38. The summed E-state index contributed by atoms with van der Waals surface area (Å²) in [5, 5.41) is 10.1. The number of aliphatic hydroxyl groups is 1. The van der Waals surface area contributed by atoms with Crippen LogP contribution in [-0.4, -0.2) is 17.2 Å². The van der Waals surface area contributed by atoms with E-state index in [0.29, 0.717) is 23.6 Å². The first-order valence-corrected chi connectivity index (χ1v) is 6.31. The molecule has 2 aromatic rings. The zero-order chi connectivity index (χ0) is 14.1. The van der Waals surface area contributed by atoms with Gasteiger partial charge in [-0.05, 0) is 24.3 Å². The van der Waals surface area contributed by atoms with E-state index < -0.39 is 6.10 Å². The van der Waals surface area contributed by atoms with Crippen molar-refractivity contribution in [1.82, 2.24) is 4.98 Å². The average molecular weight is 275 g/mol. The monoisotopic (exact) mass is 275 g/mol. The summed E-state index contributed by atoms with van der Waals surface area (Å²) in [6.07, 6.45) is 0.970. The van der Waals surface area contributed by atoms with E-state index in [0.717, 1.165) is 5.56 Å². The van der Waals surface area contributed by atoms with Crippen molar-refractivity contribution in [2.45, 2.75) is 18.6 Å². The Morgan fingerprint density at radius 1 is 1.35 bits per heavy atom. The molecule has 1 aliphatic heterocycles. The number of aliphatic hydroxyl groups excluding tert-OH is 1. The molecular weight excluding hydrogens is 261 g/mol. The van der Waals surface area contributed by atoms with E-state index in [-0.39, 0.29) is 11.9 Å². The third kappa shape index (κ3) is 2.32. The number of aromatic nitrogens is 1. The van der Waals surface area contributed by atoms with Crippen molar-refractivity contribution in [3.63, 3.8) is 0 Å². The first-order chi connectivity index (χ1) is 9.67. The van der Waals surface area contributed by atoms with Crippen LogP contribution in [0, 0.1) is 5.82 Å². The van der Waals surface area contributed by atoms with Crippen molar-refractivity contribution >= 4 is 0 Å². The molecule has 1 aliphatic rings. The number of methoxy groups -OCH3 is 1. The summed E-state index contributed by atoms with van der Waals surface area (Å²) in [5.41, 5.74) is 1.34. The summed E-state index contributed by atoms with van der Waals surface area (Å²) in [6.45, 7) is 0. The SMILES string of the molecule is COc1ccc(C2CC(O)c3cc(F)ccc3O2)cn1. The van der Waals surface area contributed by atoms with Gasteiger partial charge in [-0.2, -0.15) is 0 Å². The van der Waals surface area contributed by atoms with Crippen molar-refractivity contribution in [2.75, 3.05) is 7.11 Å². The number of fused-ring (bicyclic) bond motifs is 1. The third-order valence-electron chi connectivity index (χ3n) is 3.38. The minimum Gasteiger partial charge on any atom is -0.485 e. The molecule has 0 saturated carbocycles. The quantitative estimate of drug-likeness (QED) is 0.915. The number of hydrogen-bond acceptors (Lipinski definition) is 4. The smallest absolute Gasteiger partial charge is 0.212 e. The molecule has 5 heteroatoms. The Hall–Kier alpha value is -2.14. The van der Waals surface area contributed by atoms with Crippen molar-refractivity contribution < 1.29 is 19.0 Å². The van der Waals surface area contributed by atoms with Gasteiger partial charge in [0.25, 0.3) is 0 Å². The average Bonchev–Trinajstić information content (AvgIpc) is 2.48. The molecule has 1 aromatic carbocycles. The van der Waals surface area contributed by atoms with Crippen LogP contribution < -0.4 is 9.47 Å². The van der Waals surface area contributed by atoms with Crippen molar-refractivity contribution in [1.29, 1.82) is 0 Å². The molecule has 1 N–H and O–H groups in total. The largest absolute Gasteiger partial charge is 0.485 e. The van der Waals surface area contributed by atoms with E-state index in [1.54, 1.807) is 19.4 Å². The molecule has 0 saturated heterocycles. The molecule has 0 fully saturated rings. The molecule has 0 bridgehead atoms. The molecule has 2 heterocycles. The first-order valence-electron chi connectivity index (χ1n) is 6.31. The molecule has 0 amide bonds. The van der Waals surface area contributed by atoms with Crippen LogP contribution in [0.15, 0.2) is 36.5 Å². The maximum atomic E-state index is 13.2. The predicted molar refractivity (Wildman–Crippen MR) is 70.1 cm³/mol. The Morgan fingerprint density at radius 2 is 2.20 bits per heavy atom. The highest BCUT2D eigenvalue weighted by atomic mass is 19.1. The summed E-state index contributed by atoms with van der Waals surface area (Å²) in [5.74, 6) is 0.648. The van der Waals surface area contributed by atoms with Gasteiger partial charge in [0.2, 0.25) is 5.88 Å². The highest BCUT2D eigenvalue weighted by Crippen LogP contribution is 2.40. The second kappa shape index (κ2) is 5.09. The van der Waals surface area contributed by atoms with E-state index in [1.165, 1.54) is 18.2 Å². The summed E-state index contributed by atoms with van der Waals surface area (Å²) in [7, 11) is 1.55. The van der Waals surface area contributed by atoms with Crippen molar-refractivity contribution in [2.24, 2.45) is 0 Å². The molecular formula is C15H14FNO3. The maximum Gasteiger partial charge on any atom is 0.212 e. The van der Waals surface area contributed by atoms with E-state index in [1.807, 2.05) is 6.07 Å². The summed E-state index contributed by atoms with van der Waals surface area (Å²) < 4.78 is 24.0. The van der Waals surface area contributed by atoms with Crippen LogP contribution in [0.5, 0.6) is 11.6 Å². The topological polar surface area (TPSA) is 51.6 Å². The van der Waals surface area contributed by atoms with E-state index in [2.05, 4.69) is 4.98 Å². The van der Waals surface area contributed by atoms with E-state index >= 15 is 0 Å². The van der Waals surface area contributed by atoms with Gasteiger partial charge in [0, 0.05) is 29.8 Å². The van der Waals surface area contributed by atoms with Gasteiger partial charge in [0.1, 0.15) is 17.7 Å². The molecule has 3 rings (SSSR count). The number of ether oxygens (including phenoxy) is 2. The number of benzene rings is 1. The zero-order valence-electron chi connectivity index (χ0n) is 10.9. The molecule has 0 spiro atoms. The Balaban J connectivity index is 1.88. The van der Waals surface area contributed by atoms with E-state index in [4.69, 9.17) is 9.47 Å². The Labute approximate surface area is 115 Å². The minimum absolute atomic E-state index is 0.304. The third-order valence-corrected chi connectivity index (χ3v) is 3.38. The van der Waals surface area contributed by atoms with Gasteiger partial charge in [-0.15, -0.1) is 0 Å². The van der Waals surface area contributed by atoms with Crippen LogP contribution in [0.4, 0.5) is 4.39 Å². The lowest BCUT2D eigenvalue weighted by molar-refractivity contribution is 0.0651. The zero-order valence-corrected chi connectivity index (χ0v) is 10.9. The second-order valence-electron chi connectivity index (χ2n) is 4.67. The Morgan fingerprint density at radius 3 is 2.90 bits per heavy atom. The number of pyridine rings is 1. The van der Waals surface area contributed by atoms with Gasteiger partial charge >= 0.3 is 0 Å². The summed E-state index contributed by atoms with van der Waals surface area (Å²) in [4.78, 5) is 4.12. The lowest BCUT2D eigenvalue weighted by Crippen LogP contribution is -2.19. The van der Waals surface area contributed by atoms with Crippen LogP contribution in [0.3, 0.4) is 0 Å². The highest BCUT2D eigenvalue weighted by Gasteiger charge is 2.28. The number of hydrogen-bond donors (Lipinski definition) is 1. The standard InChI is InChI=1S/C15H14FNO3/c1-19-15-5-2-9(8-17-15)14-7-12(18)11-6-10(16)3-4-13(11)20-14/h2-6,8,12,14,18H,7H2,1H3. The normalized spacial score (nSPS) is 20.9. The number of halogens is 1. The summed E-state index contributed by atoms with van der Waals surface area (Å²) in [6, 6.07) is 7.75. The van der Waals surface area contributed by atoms with Gasteiger partial charge in [-0.3, -0.25) is 0 Å². The maximum absolute atomic E-state index is 13.2. The molecule has 1 aromatic heterocycles. The molecule has 104 valence electrons. The van der Waals surface area contributed by atoms with Crippen LogP contribution in [0.25, 0.3) is 0 Å². The second-order valence-corrected chi connectivity index (χ2v) is 4.67. The predicted octanol–water partition coefficient (Wildman–Crippen LogP) is 2.79. The Kier molecular flexibility index (Phi) is 3.28. The molecule has 0 radical (unpaired) electrons. The van der Waals surface area contributed by atoms with Crippen LogP contribution >= 0.6 is 0 Å². The van der Waals surface area contributed by atoms with Gasteiger partial charge in [-0.25, -0.2) is 9.37 Å². The molecule has 2 unspecified atom stereocenters. The van der Waals surface area contributed by atoms with Gasteiger partial charge < -0.3 is 14.6 Å². The molecule has 4 nitrogen and oxygen atoms in total. The number of nitrogens with zero attached hydrogens (tertiary/aromatic N) is 1. The molecule has 2 atom stereocenters. The van der Waals surface area contributed by atoms with Crippen molar-refractivity contribution in [3.05, 3.63) is 53.5 Å². The molecule has 0 aliphatic carbocycles. The van der Waals surface area contributed by atoms with Gasteiger partial charge in [-0.1, -0.05) is 0 Å². The van der Waals surface area contributed by atoms with E-state index in [9.17, 15) is 9.50 Å². The Bertz CT molecular complexity index is 615. The fourth-order valence-corrected chi connectivity index (χ4v) is 2.33. The first kappa shape index (κ1) is 12.9.